The second kappa shape index (κ2) is 6.30. The summed E-state index contributed by atoms with van der Waals surface area (Å²) >= 11 is 5.86. The lowest BCUT2D eigenvalue weighted by atomic mass is 9.91. The number of ether oxygens (including phenoxy) is 1. The lowest BCUT2D eigenvalue weighted by molar-refractivity contribution is -0.153. The molecule has 2 unspecified atom stereocenters. The topological polar surface area (TPSA) is 53.4 Å². The van der Waals surface area contributed by atoms with E-state index in [1.807, 2.05) is 6.92 Å². The number of rotatable bonds is 5. The average molecular weight is 387 g/mol. The van der Waals surface area contributed by atoms with Gasteiger partial charge in [-0.1, -0.05) is 35.9 Å². The molecule has 1 N–H and O–H groups in total. The fourth-order valence-corrected chi connectivity index (χ4v) is 3.60. The zero-order valence-electron chi connectivity index (χ0n) is 14.2. The number of aryl methyl sites for hydroxylation is 1. The summed E-state index contributed by atoms with van der Waals surface area (Å²) in [5, 5.41) is 7.66. The van der Waals surface area contributed by atoms with E-state index < -0.39 is 18.2 Å². The summed E-state index contributed by atoms with van der Waals surface area (Å²) in [6, 6.07) is 4.57. The van der Waals surface area contributed by atoms with Gasteiger partial charge < -0.3 is 9.64 Å². The van der Waals surface area contributed by atoms with Gasteiger partial charge in [-0.15, -0.1) is 0 Å². The smallest absolute Gasteiger partial charge is 0.422 e. The first kappa shape index (κ1) is 18.8. The number of amides is 1. The molecule has 0 aromatic heterocycles. The Morgan fingerprint density at radius 3 is 2.58 bits per heavy atom. The van der Waals surface area contributed by atoms with E-state index in [9.17, 15) is 18.0 Å². The molecule has 0 saturated carbocycles. The van der Waals surface area contributed by atoms with E-state index in [2.05, 4.69) is 0 Å². The van der Waals surface area contributed by atoms with Crippen molar-refractivity contribution in [2.45, 2.75) is 26.1 Å². The minimum Gasteiger partial charge on any atom is -0.484 e. The number of benzene rings is 1. The summed E-state index contributed by atoms with van der Waals surface area (Å²) in [7, 11) is 0. The Morgan fingerprint density at radius 1 is 1.46 bits per heavy atom. The van der Waals surface area contributed by atoms with Crippen molar-refractivity contribution in [1.29, 1.82) is 5.41 Å². The molecule has 1 aromatic carbocycles. The molecule has 0 radical (unpaired) electrons. The van der Waals surface area contributed by atoms with Gasteiger partial charge in [0.1, 0.15) is 10.9 Å². The Balaban J connectivity index is 1.76. The number of hydrogen-bond donors (Lipinski definition) is 1. The Hall–Kier alpha value is -2.02. The highest BCUT2D eigenvalue weighted by atomic mass is 35.5. The van der Waals surface area contributed by atoms with Crippen molar-refractivity contribution in [3.8, 4) is 5.75 Å². The first-order chi connectivity index (χ1) is 12.0. The second-order valence-electron chi connectivity index (χ2n) is 6.73. The molecule has 1 aliphatic heterocycles. The Kier molecular flexibility index (Phi) is 4.55. The quantitative estimate of drug-likeness (QED) is 0.608. The number of likely N-dealkylation sites (tertiary alicyclic amines) is 1. The molecule has 4 nitrogen and oxygen atoms in total. The van der Waals surface area contributed by atoms with E-state index in [1.165, 1.54) is 6.07 Å². The normalized spacial score (nSPS) is 22.0. The predicted octanol–water partition coefficient (Wildman–Crippen LogP) is 4.23. The van der Waals surface area contributed by atoms with Gasteiger partial charge in [0, 0.05) is 6.54 Å². The van der Waals surface area contributed by atoms with Gasteiger partial charge in [-0.05, 0) is 31.0 Å². The van der Waals surface area contributed by atoms with Crippen molar-refractivity contribution in [2.24, 2.45) is 11.3 Å². The standard InChI is InChI=1S/C18H18ClF3N2O2/c1-10-7-12(3-4-14(10)26-9-18(20,21)22)11(2)24-8-13(15(19)23)17(5-6-17)16(24)25/h3-7,11,13,23H,8-9H2,1-2H3. The summed E-state index contributed by atoms with van der Waals surface area (Å²) in [5.74, 6) is -0.322. The molecule has 8 heteroatoms. The van der Waals surface area contributed by atoms with Gasteiger partial charge in [0.25, 0.3) is 0 Å². The van der Waals surface area contributed by atoms with Gasteiger partial charge in [-0.2, -0.15) is 13.2 Å². The highest BCUT2D eigenvalue weighted by molar-refractivity contribution is 6.65. The summed E-state index contributed by atoms with van der Waals surface area (Å²) < 4.78 is 41.7. The van der Waals surface area contributed by atoms with Crippen molar-refractivity contribution < 1.29 is 22.7 Å². The Morgan fingerprint density at radius 2 is 2.12 bits per heavy atom. The van der Waals surface area contributed by atoms with Crippen LogP contribution in [0.3, 0.4) is 0 Å². The molecular formula is C18H18ClF3N2O2. The van der Waals surface area contributed by atoms with E-state index in [0.29, 0.717) is 12.1 Å². The average Bonchev–Trinajstić information content (AvgIpc) is 3.27. The van der Waals surface area contributed by atoms with Crippen molar-refractivity contribution >= 4 is 22.7 Å². The van der Waals surface area contributed by atoms with Crippen LogP contribution in [-0.4, -0.2) is 35.3 Å². The first-order valence-electron chi connectivity index (χ1n) is 8.10. The molecule has 2 aliphatic rings. The van der Waals surface area contributed by atoms with Crippen LogP contribution in [0.4, 0.5) is 13.2 Å². The third-order valence-corrected chi connectivity index (χ3v) is 5.22. The van der Waals surface area contributed by atoms with Crippen molar-refractivity contribution in [3.63, 3.8) is 0 Å². The monoisotopic (exact) mass is 386 g/mol. The molecule has 1 aliphatic carbocycles. The van der Waals surface area contributed by atoms with Crippen LogP contribution >= 0.6 is 11.6 Å². The minimum absolute atomic E-state index is 0.0508. The van der Waals surface area contributed by atoms with Crippen molar-refractivity contribution in [3.05, 3.63) is 41.5 Å². The third-order valence-electron chi connectivity index (χ3n) is 4.96. The number of carbonyl (C=O) groups is 1. The largest absolute Gasteiger partial charge is 0.484 e. The van der Waals surface area contributed by atoms with E-state index in [0.717, 1.165) is 5.56 Å². The Bertz CT molecular complexity index is 785. The zero-order valence-corrected chi connectivity index (χ0v) is 15.0. The van der Waals surface area contributed by atoms with Crippen LogP contribution in [-0.2, 0) is 4.79 Å². The number of carbonyl (C=O) groups excluding carboxylic acids is 1. The van der Waals surface area contributed by atoms with Crippen LogP contribution in [0.2, 0.25) is 0 Å². The SMILES string of the molecule is Cc1cc(C(C)N2CC(C(=N)Cl)C3(C=C3)C2=O)ccc1OCC(F)(F)F. The lowest BCUT2D eigenvalue weighted by Gasteiger charge is -2.26. The van der Waals surface area contributed by atoms with Crippen molar-refractivity contribution in [2.75, 3.05) is 13.2 Å². The molecule has 2 atom stereocenters. The van der Waals surface area contributed by atoms with Crippen LogP contribution in [0.1, 0.15) is 24.1 Å². The van der Waals surface area contributed by atoms with Crippen LogP contribution in [0, 0.1) is 23.7 Å². The Labute approximate surface area is 154 Å². The van der Waals surface area contributed by atoms with Crippen LogP contribution in [0.15, 0.2) is 30.4 Å². The maximum Gasteiger partial charge on any atom is 0.422 e. The molecule has 0 bridgehead atoms. The van der Waals surface area contributed by atoms with Gasteiger partial charge in [0.05, 0.1) is 17.4 Å². The predicted molar refractivity (Wildman–Crippen MR) is 91.5 cm³/mol. The van der Waals surface area contributed by atoms with Gasteiger partial charge in [0.2, 0.25) is 5.91 Å². The van der Waals surface area contributed by atoms with Crippen molar-refractivity contribution in [1.82, 2.24) is 4.90 Å². The summed E-state index contributed by atoms with van der Waals surface area (Å²) in [6.45, 7) is 2.50. The molecular weight excluding hydrogens is 369 g/mol. The summed E-state index contributed by atoms with van der Waals surface area (Å²) in [5.41, 5.74) is 0.580. The van der Waals surface area contributed by atoms with Gasteiger partial charge in [0.15, 0.2) is 6.61 Å². The number of hydrogen-bond acceptors (Lipinski definition) is 3. The maximum atomic E-state index is 12.7. The molecule has 26 heavy (non-hydrogen) atoms. The molecule has 1 saturated heterocycles. The number of nitrogens with zero attached hydrogens (tertiary/aromatic N) is 1. The summed E-state index contributed by atoms with van der Waals surface area (Å²) in [6.07, 6.45) is -0.862. The van der Waals surface area contributed by atoms with E-state index >= 15 is 0 Å². The minimum atomic E-state index is -4.40. The molecule has 1 spiro atoms. The fourth-order valence-electron chi connectivity index (χ4n) is 3.35. The molecule has 1 aromatic rings. The van der Waals surface area contributed by atoms with Crippen LogP contribution in [0.25, 0.3) is 0 Å². The molecule has 3 rings (SSSR count). The molecule has 140 valence electrons. The number of nitrogens with one attached hydrogen (secondary N) is 1. The number of alkyl halides is 3. The van der Waals surface area contributed by atoms with Gasteiger partial charge in [-0.3, -0.25) is 10.2 Å². The zero-order chi connectivity index (χ0) is 19.3. The van der Waals surface area contributed by atoms with Crippen LogP contribution in [0.5, 0.6) is 5.75 Å². The third kappa shape index (κ3) is 3.32. The molecule has 1 amide bonds. The van der Waals surface area contributed by atoms with E-state index in [1.54, 1.807) is 36.1 Å². The fraction of sp³-hybridized carbons (Fsp3) is 0.444. The molecule has 1 heterocycles. The number of halogens is 4. The first-order valence-corrected chi connectivity index (χ1v) is 8.48. The van der Waals surface area contributed by atoms with E-state index in [-0.39, 0.29) is 28.8 Å². The highest BCUT2D eigenvalue weighted by Crippen LogP contribution is 2.52. The lowest BCUT2D eigenvalue weighted by Crippen LogP contribution is -2.31. The van der Waals surface area contributed by atoms with Gasteiger partial charge in [-0.25, -0.2) is 0 Å². The second-order valence-corrected chi connectivity index (χ2v) is 7.14. The van der Waals surface area contributed by atoms with Gasteiger partial charge >= 0.3 is 6.18 Å². The molecule has 1 fully saturated rings. The highest BCUT2D eigenvalue weighted by Gasteiger charge is 2.59. The van der Waals surface area contributed by atoms with E-state index in [4.69, 9.17) is 21.7 Å². The van der Waals surface area contributed by atoms with Crippen LogP contribution < -0.4 is 4.74 Å². The maximum absolute atomic E-state index is 12.7. The summed E-state index contributed by atoms with van der Waals surface area (Å²) in [4.78, 5) is 14.4.